The summed E-state index contributed by atoms with van der Waals surface area (Å²) in [4.78, 5) is 25.0. The maximum atomic E-state index is 12.1. The van der Waals surface area contributed by atoms with Crippen LogP contribution in [-0.4, -0.2) is 28.6 Å². The van der Waals surface area contributed by atoms with Gasteiger partial charge in [0.1, 0.15) is 5.82 Å². The molecule has 2 amide bonds. The van der Waals surface area contributed by atoms with Gasteiger partial charge in [-0.05, 0) is 12.1 Å². The molecule has 1 aliphatic heterocycles. The van der Waals surface area contributed by atoms with Gasteiger partial charge in [0.25, 0.3) is 11.8 Å². The van der Waals surface area contributed by atoms with E-state index in [-0.39, 0.29) is 16.9 Å². The lowest BCUT2D eigenvalue weighted by atomic mass is 10.1. The SMILES string of the molecule is O=C1c2ccccc2C(=O)N1c1cc(OC(F)F)n[nH]1. The molecule has 2 heterocycles. The first-order chi connectivity index (χ1) is 9.58. The molecule has 0 fully saturated rings. The Balaban J connectivity index is 1.95. The van der Waals surface area contributed by atoms with E-state index in [1.54, 1.807) is 12.1 Å². The highest BCUT2D eigenvalue weighted by Crippen LogP contribution is 2.28. The minimum atomic E-state index is -3.03. The topological polar surface area (TPSA) is 75.3 Å². The molecule has 0 atom stereocenters. The van der Waals surface area contributed by atoms with E-state index in [9.17, 15) is 18.4 Å². The van der Waals surface area contributed by atoms with Crippen LogP contribution in [0.4, 0.5) is 14.6 Å². The second-order valence-electron chi connectivity index (χ2n) is 3.96. The molecule has 3 rings (SSSR count). The number of anilines is 1. The molecule has 6 nitrogen and oxygen atoms in total. The van der Waals surface area contributed by atoms with E-state index in [1.165, 1.54) is 12.1 Å². The number of carbonyl (C=O) groups excluding carboxylic acids is 2. The maximum absolute atomic E-state index is 12.1. The summed E-state index contributed by atoms with van der Waals surface area (Å²) in [6.07, 6.45) is 0. The van der Waals surface area contributed by atoms with Gasteiger partial charge in [0.15, 0.2) is 0 Å². The average molecular weight is 279 g/mol. The lowest BCUT2D eigenvalue weighted by molar-refractivity contribution is -0.0528. The highest BCUT2D eigenvalue weighted by molar-refractivity contribution is 6.34. The van der Waals surface area contributed by atoms with Crippen LogP contribution in [0.15, 0.2) is 30.3 Å². The number of alkyl halides is 2. The smallest absolute Gasteiger partial charge is 0.388 e. The van der Waals surface area contributed by atoms with Crippen molar-refractivity contribution in [1.82, 2.24) is 10.2 Å². The van der Waals surface area contributed by atoms with Crippen LogP contribution in [-0.2, 0) is 0 Å². The fraction of sp³-hybridized carbons (Fsp3) is 0.0833. The summed E-state index contributed by atoms with van der Waals surface area (Å²) < 4.78 is 28.2. The Morgan fingerprint density at radius 2 is 1.75 bits per heavy atom. The molecule has 1 aliphatic rings. The molecule has 102 valence electrons. The molecule has 1 aromatic heterocycles. The predicted octanol–water partition coefficient (Wildman–Crippen LogP) is 1.81. The minimum Gasteiger partial charge on any atom is -0.415 e. The Labute approximate surface area is 111 Å². The standard InChI is InChI=1S/C12H7F2N3O3/c13-12(14)20-9-5-8(15-16-9)17-10(18)6-3-1-2-4-7(6)11(17)19/h1-5,12H,(H,15,16). The summed E-state index contributed by atoms with van der Waals surface area (Å²) in [5.74, 6) is -1.51. The molecule has 0 saturated heterocycles. The minimum absolute atomic E-state index is 0.0214. The van der Waals surface area contributed by atoms with Gasteiger partial charge in [0.2, 0.25) is 5.88 Å². The van der Waals surface area contributed by atoms with Crippen molar-refractivity contribution < 1.29 is 23.1 Å². The van der Waals surface area contributed by atoms with Gasteiger partial charge >= 0.3 is 6.61 Å². The lowest BCUT2D eigenvalue weighted by Crippen LogP contribution is -2.29. The van der Waals surface area contributed by atoms with Crippen molar-refractivity contribution in [3.63, 3.8) is 0 Å². The summed E-state index contributed by atoms with van der Waals surface area (Å²) in [6.45, 7) is -3.03. The second kappa shape index (κ2) is 4.41. The fourth-order valence-corrected chi connectivity index (χ4v) is 1.97. The van der Waals surface area contributed by atoms with Crippen molar-refractivity contribution >= 4 is 17.6 Å². The van der Waals surface area contributed by atoms with E-state index >= 15 is 0 Å². The monoisotopic (exact) mass is 279 g/mol. The number of carbonyl (C=O) groups is 2. The number of H-pyrrole nitrogens is 1. The number of benzene rings is 1. The van der Waals surface area contributed by atoms with Gasteiger partial charge < -0.3 is 4.74 Å². The summed E-state index contributed by atoms with van der Waals surface area (Å²) in [5, 5.41) is 5.78. The van der Waals surface area contributed by atoms with Crippen LogP contribution >= 0.6 is 0 Å². The predicted molar refractivity (Wildman–Crippen MR) is 62.8 cm³/mol. The average Bonchev–Trinajstić information content (AvgIpc) is 2.94. The first-order valence-corrected chi connectivity index (χ1v) is 5.56. The number of nitrogens with zero attached hydrogens (tertiary/aromatic N) is 2. The highest BCUT2D eigenvalue weighted by Gasteiger charge is 2.37. The summed E-state index contributed by atoms with van der Waals surface area (Å²) in [5.41, 5.74) is 0.506. The molecule has 0 spiro atoms. The number of imide groups is 1. The van der Waals surface area contributed by atoms with Crippen LogP contribution in [0.2, 0.25) is 0 Å². The van der Waals surface area contributed by atoms with Crippen molar-refractivity contribution in [3.05, 3.63) is 41.5 Å². The van der Waals surface area contributed by atoms with Crippen molar-refractivity contribution in [2.24, 2.45) is 0 Å². The number of aromatic nitrogens is 2. The maximum Gasteiger partial charge on any atom is 0.388 e. The number of rotatable bonds is 3. The van der Waals surface area contributed by atoms with Crippen LogP contribution in [0.3, 0.4) is 0 Å². The number of hydrogen-bond donors (Lipinski definition) is 1. The first-order valence-electron chi connectivity index (χ1n) is 5.56. The molecular weight excluding hydrogens is 272 g/mol. The van der Waals surface area contributed by atoms with E-state index in [4.69, 9.17) is 0 Å². The van der Waals surface area contributed by atoms with Crippen molar-refractivity contribution in [1.29, 1.82) is 0 Å². The summed E-state index contributed by atoms with van der Waals surface area (Å²) in [6, 6.07) is 7.36. The lowest BCUT2D eigenvalue weighted by Gasteiger charge is -2.09. The van der Waals surface area contributed by atoms with Crippen molar-refractivity contribution in [3.8, 4) is 5.88 Å². The number of ether oxygens (including phenoxy) is 1. The van der Waals surface area contributed by atoms with Crippen molar-refractivity contribution in [2.45, 2.75) is 6.61 Å². The van der Waals surface area contributed by atoms with Gasteiger partial charge in [-0.1, -0.05) is 12.1 Å². The van der Waals surface area contributed by atoms with Crippen LogP contribution < -0.4 is 9.64 Å². The van der Waals surface area contributed by atoms with Gasteiger partial charge in [-0.3, -0.25) is 14.7 Å². The third-order valence-electron chi connectivity index (χ3n) is 2.79. The molecule has 0 radical (unpaired) electrons. The highest BCUT2D eigenvalue weighted by atomic mass is 19.3. The van der Waals surface area contributed by atoms with E-state index in [2.05, 4.69) is 14.9 Å². The molecular formula is C12H7F2N3O3. The van der Waals surface area contributed by atoms with E-state index in [1.807, 2.05) is 0 Å². The number of fused-ring (bicyclic) bond motifs is 1. The second-order valence-corrected chi connectivity index (χ2v) is 3.96. The Morgan fingerprint density at radius 3 is 2.30 bits per heavy atom. The van der Waals surface area contributed by atoms with Gasteiger partial charge in [-0.25, -0.2) is 4.90 Å². The van der Waals surface area contributed by atoms with Gasteiger partial charge in [-0.2, -0.15) is 8.78 Å². The Morgan fingerprint density at radius 1 is 1.15 bits per heavy atom. The number of halogens is 2. The molecule has 0 unspecified atom stereocenters. The molecule has 8 heteroatoms. The van der Waals surface area contributed by atoms with Crippen LogP contribution in [0.5, 0.6) is 5.88 Å². The zero-order valence-corrected chi connectivity index (χ0v) is 9.84. The first kappa shape index (κ1) is 12.3. The summed E-state index contributed by atoms with van der Waals surface area (Å²) in [7, 11) is 0. The van der Waals surface area contributed by atoms with E-state index in [0.717, 1.165) is 11.0 Å². The number of hydrogen-bond acceptors (Lipinski definition) is 4. The molecule has 1 N–H and O–H groups in total. The Kier molecular flexibility index (Phi) is 2.70. The molecule has 20 heavy (non-hydrogen) atoms. The third-order valence-corrected chi connectivity index (χ3v) is 2.79. The zero-order chi connectivity index (χ0) is 14.3. The zero-order valence-electron chi connectivity index (χ0n) is 9.84. The van der Waals surface area contributed by atoms with Gasteiger partial charge in [0, 0.05) is 6.07 Å². The fourth-order valence-electron chi connectivity index (χ4n) is 1.97. The summed E-state index contributed by atoms with van der Waals surface area (Å²) >= 11 is 0. The molecule has 0 saturated carbocycles. The number of aromatic amines is 1. The number of nitrogens with one attached hydrogen (secondary N) is 1. The van der Waals surface area contributed by atoms with E-state index < -0.39 is 24.3 Å². The molecule has 2 aromatic rings. The van der Waals surface area contributed by atoms with Crippen molar-refractivity contribution in [2.75, 3.05) is 4.90 Å². The van der Waals surface area contributed by atoms with Gasteiger partial charge in [-0.15, -0.1) is 5.10 Å². The largest absolute Gasteiger partial charge is 0.415 e. The Bertz CT molecular complexity index is 664. The Hall–Kier alpha value is -2.77. The van der Waals surface area contributed by atoms with Crippen LogP contribution in [0, 0.1) is 0 Å². The van der Waals surface area contributed by atoms with Gasteiger partial charge in [0.05, 0.1) is 11.1 Å². The number of amides is 2. The van der Waals surface area contributed by atoms with E-state index in [0.29, 0.717) is 0 Å². The van der Waals surface area contributed by atoms with Crippen LogP contribution in [0.1, 0.15) is 20.7 Å². The third kappa shape index (κ3) is 1.81. The molecule has 0 bridgehead atoms. The molecule has 0 aliphatic carbocycles. The van der Waals surface area contributed by atoms with Crippen LogP contribution in [0.25, 0.3) is 0 Å². The quantitative estimate of drug-likeness (QED) is 0.869. The normalized spacial score (nSPS) is 14.1. The molecule has 1 aromatic carbocycles.